The van der Waals surface area contributed by atoms with Crippen molar-refractivity contribution < 1.29 is 5.11 Å². The number of H-pyrrole nitrogens is 2. The van der Waals surface area contributed by atoms with Gasteiger partial charge in [-0.25, -0.2) is 9.98 Å². The number of hydrogen-bond acceptors (Lipinski definition) is 4. The SMILES string of the molecule is CC(c1ccc(O)cc1)c1[nH][nH]c(=O)c1/C=C1/C=Nc2ncccc21. The lowest BCUT2D eigenvalue weighted by Gasteiger charge is -2.11. The van der Waals surface area contributed by atoms with E-state index < -0.39 is 0 Å². The number of fused-ring (bicyclic) bond motifs is 1. The third kappa shape index (κ3) is 2.67. The summed E-state index contributed by atoms with van der Waals surface area (Å²) < 4.78 is 0. The second-order valence-electron chi connectivity index (χ2n) is 5.95. The van der Waals surface area contributed by atoms with Crippen molar-refractivity contribution in [2.75, 3.05) is 0 Å². The summed E-state index contributed by atoms with van der Waals surface area (Å²) in [6, 6.07) is 10.8. The van der Waals surface area contributed by atoms with Crippen LogP contribution in [-0.2, 0) is 0 Å². The lowest BCUT2D eigenvalue weighted by molar-refractivity contribution is 0.475. The van der Waals surface area contributed by atoms with Gasteiger partial charge in [0, 0.05) is 29.5 Å². The predicted octanol–water partition coefficient (Wildman–Crippen LogP) is 3.21. The van der Waals surface area contributed by atoms with Crippen LogP contribution in [0.25, 0.3) is 11.6 Å². The predicted molar refractivity (Wildman–Crippen MR) is 97.3 cm³/mol. The second kappa shape index (κ2) is 5.90. The molecule has 1 aliphatic heterocycles. The molecule has 3 aromatic rings. The zero-order chi connectivity index (χ0) is 17.4. The van der Waals surface area contributed by atoms with Crippen molar-refractivity contribution in [1.82, 2.24) is 15.2 Å². The number of phenolic OH excluding ortho intramolecular Hbond substituents is 1. The van der Waals surface area contributed by atoms with Crippen LogP contribution in [0, 0.1) is 0 Å². The van der Waals surface area contributed by atoms with Gasteiger partial charge in [-0.1, -0.05) is 19.1 Å². The zero-order valence-corrected chi connectivity index (χ0v) is 13.5. The number of phenols is 1. The van der Waals surface area contributed by atoms with E-state index in [-0.39, 0.29) is 17.2 Å². The average molecular weight is 332 g/mol. The number of aromatic nitrogens is 3. The molecule has 6 heteroatoms. The van der Waals surface area contributed by atoms with Crippen LogP contribution in [0.5, 0.6) is 5.75 Å². The van der Waals surface area contributed by atoms with Gasteiger partial charge in [-0.2, -0.15) is 0 Å². The summed E-state index contributed by atoms with van der Waals surface area (Å²) in [6.45, 7) is 2.01. The number of aromatic hydroxyl groups is 1. The van der Waals surface area contributed by atoms with Crippen LogP contribution < -0.4 is 5.56 Å². The standard InChI is InChI=1S/C19H16N4O2/c1-11(12-4-6-14(24)7-5-12)17-16(19(25)23-22-17)9-13-10-21-18-15(13)3-2-8-20-18/h2-11,24H,1H3,(H2,22,23,25)/b13-9-. The van der Waals surface area contributed by atoms with Gasteiger partial charge in [-0.15, -0.1) is 0 Å². The molecule has 0 aliphatic carbocycles. The van der Waals surface area contributed by atoms with E-state index in [1.54, 1.807) is 24.5 Å². The maximum atomic E-state index is 12.3. The van der Waals surface area contributed by atoms with Gasteiger partial charge < -0.3 is 10.2 Å². The van der Waals surface area contributed by atoms with E-state index >= 15 is 0 Å². The van der Waals surface area contributed by atoms with E-state index in [0.29, 0.717) is 11.4 Å². The minimum atomic E-state index is -0.182. The summed E-state index contributed by atoms with van der Waals surface area (Å²) in [5.41, 5.74) is 3.93. The number of aliphatic imine (C=N–C) groups is 1. The molecule has 0 spiro atoms. The summed E-state index contributed by atoms with van der Waals surface area (Å²) in [5.74, 6) is 0.832. The quantitative estimate of drug-likeness (QED) is 0.687. The summed E-state index contributed by atoms with van der Waals surface area (Å²) >= 11 is 0. The Labute approximate surface area is 143 Å². The van der Waals surface area contributed by atoms with Gasteiger partial charge in [-0.3, -0.25) is 9.89 Å². The van der Waals surface area contributed by atoms with Crippen molar-refractivity contribution in [3.63, 3.8) is 0 Å². The minimum absolute atomic E-state index is 0.0434. The molecule has 0 saturated carbocycles. The van der Waals surface area contributed by atoms with E-state index in [4.69, 9.17) is 0 Å². The molecule has 1 aliphatic rings. The fourth-order valence-electron chi connectivity index (χ4n) is 2.99. The minimum Gasteiger partial charge on any atom is -0.508 e. The Hall–Kier alpha value is -3.41. The Balaban J connectivity index is 1.77. The first-order chi connectivity index (χ1) is 12.1. The first kappa shape index (κ1) is 15.1. The van der Waals surface area contributed by atoms with Crippen molar-refractivity contribution in [3.05, 3.63) is 75.3 Å². The van der Waals surface area contributed by atoms with Gasteiger partial charge in [-0.05, 0) is 35.9 Å². The molecule has 0 fully saturated rings. The molecule has 1 unspecified atom stereocenters. The first-order valence-electron chi connectivity index (χ1n) is 7.94. The molecule has 0 bridgehead atoms. The molecule has 6 nitrogen and oxygen atoms in total. The van der Waals surface area contributed by atoms with Gasteiger partial charge in [0.2, 0.25) is 0 Å². The third-order valence-electron chi connectivity index (χ3n) is 4.40. The normalized spacial score (nSPS) is 15.5. The highest BCUT2D eigenvalue weighted by atomic mass is 16.3. The fraction of sp³-hybridized carbons (Fsp3) is 0.105. The number of nitrogens with one attached hydrogen (secondary N) is 2. The van der Waals surface area contributed by atoms with Crippen molar-refractivity contribution >= 4 is 23.7 Å². The molecule has 2 aromatic heterocycles. The highest BCUT2D eigenvalue weighted by molar-refractivity contribution is 6.20. The van der Waals surface area contributed by atoms with E-state index in [1.807, 2.05) is 37.3 Å². The molecular formula is C19H16N4O2. The molecule has 0 saturated heterocycles. The van der Waals surface area contributed by atoms with Gasteiger partial charge in [0.15, 0.2) is 5.82 Å². The molecule has 4 rings (SSSR count). The topological polar surface area (TPSA) is 94.1 Å². The largest absolute Gasteiger partial charge is 0.508 e. The molecule has 3 N–H and O–H groups in total. The van der Waals surface area contributed by atoms with Crippen molar-refractivity contribution in [2.45, 2.75) is 12.8 Å². The Kier molecular flexibility index (Phi) is 3.57. The number of pyridine rings is 1. The van der Waals surface area contributed by atoms with Crippen LogP contribution in [-0.4, -0.2) is 26.5 Å². The molecule has 3 heterocycles. The van der Waals surface area contributed by atoms with E-state index in [1.165, 1.54) is 0 Å². The lowest BCUT2D eigenvalue weighted by Crippen LogP contribution is -2.05. The highest BCUT2D eigenvalue weighted by Gasteiger charge is 2.19. The number of aromatic amines is 2. The maximum absolute atomic E-state index is 12.3. The van der Waals surface area contributed by atoms with Gasteiger partial charge in [0.1, 0.15) is 5.75 Å². The summed E-state index contributed by atoms with van der Waals surface area (Å²) in [5, 5.41) is 15.1. The molecule has 25 heavy (non-hydrogen) atoms. The number of hydrogen-bond donors (Lipinski definition) is 3. The summed E-state index contributed by atoms with van der Waals surface area (Å²) in [4.78, 5) is 20.8. The Bertz CT molecular complexity index is 1040. The monoisotopic (exact) mass is 332 g/mol. The van der Waals surface area contributed by atoms with Crippen LogP contribution in [0.2, 0.25) is 0 Å². The van der Waals surface area contributed by atoms with Crippen molar-refractivity contribution in [1.29, 1.82) is 0 Å². The summed E-state index contributed by atoms with van der Waals surface area (Å²) in [7, 11) is 0. The van der Waals surface area contributed by atoms with Crippen LogP contribution in [0.15, 0.2) is 52.4 Å². The van der Waals surface area contributed by atoms with Gasteiger partial charge >= 0.3 is 0 Å². The molecule has 0 radical (unpaired) electrons. The number of nitrogens with zero attached hydrogens (tertiary/aromatic N) is 2. The molecular weight excluding hydrogens is 316 g/mol. The first-order valence-corrected chi connectivity index (χ1v) is 7.94. The zero-order valence-electron chi connectivity index (χ0n) is 13.5. The fourth-order valence-corrected chi connectivity index (χ4v) is 2.99. The maximum Gasteiger partial charge on any atom is 0.271 e. The van der Waals surface area contributed by atoms with Crippen LogP contribution >= 0.6 is 0 Å². The lowest BCUT2D eigenvalue weighted by atomic mass is 9.94. The molecule has 1 aromatic carbocycles. The van der Waals surface area contributed by atoms with Gasteiger partial charge in [0.25, 0.3) is 5.56 Å². The highest BCUT2D eigenvalue weighted by Crippen LogP contribution is 2.32. The molecule has 124 valence electrons. The molecule has 0 amide bonds. The smallest absolute Gasteiger partial charge is 0.271 e. The van der Waals surface area contributed by atoms with E-state index in [2.05, 4.69) is 20.2 Å². The van der Waals surface area contributed by atoms with Gasteiger partial charge in [0.05, 0.1) is 11.3 Å². The second-order valence-corrected chi connectivity index (χ2v) is 5.95. The number of allylic oxidation sites excluding steroid dienone is 1. The summed E-state index contributed by atoms with van der Waals surface area (Å²) in [6.07, 6.45) is 5.25. The van der Waals surface area contributed by atoms with E-state index in [0.717, 1.165) is 22.4 Å². The average Bonchev–Trinajstić information content (AvgIpc) is 3.20. The number of rotatable bonds is 3. The van der Waals surface area contributed by atoms with Crippen LogP contribution in [0.1, 0.15) is 35.2 Å². The van der Waals surface area contributed by atoms with Crippen molar-refractivity contribution in [3.8, 4) is 5.75 Å². The Morgan fingerprint density at radius 2 is 1.96 bits per heavy atom. The van der Waals surface area contributed by atoms with Crippen LogP contribution in [0.4, 0.5) is 5.82 Å². The molecule has 1 atom stereocenters. The Morgan fingerprint density at radius 3 is 2.76 bits per heavy atom. The third-order valence-corrected chi connectivity index (χ3v) is 4.40. The van der Waals surface area contributed by atoms with E-state index in [9.17, 15) is 9.90 Å². The Morgan fingerprint density at radius 1 is 1.16 bits per heavy atom. The number of benzene rings is 1. The van der Waals surface area contributed by atoms with Crippen LogP contribution in [0.3, 0.4) is 0 Å². The van der Waals surface area contributed by atoms with Crippen molar-refractivity contribution in [2.24, 2.45) is 4.99 Å².